The Balaban J connectivity index is 1.85. The van der Waals surface area contributed by atoms with Gasteiger partial charge in [0.25, 0.3) is 0 Å². The van der Waals surface area contributed by atoms with Crippen LogP contribution in [0, 0.1) is 5.92 Å². The van der Waals surface area contributed by atoms with E-state index in [0.717, 1.165) is 36.9 Å². The highest BCUT2D eigenvalue weighted by Crippen LogP contribution is 2.21. The standard InChI is InChI=1S/C15H22N2O3S/c1-11(2)8-17-5-6-20-12(9-17)10-21-13-3-4-16-14(7-13)15(18)19/h3-4,7,11-12H,5-6,8-10H2,1-2H3,(H,18,19). The monoisotopic (exact) mass is 310 g/mol. The van der Waals surface area contributed by atoms with E-state index in [9.17, 15) is 4.79 Å². The molecule has 1 aromatic rings. The molecule has 1 aromatic heterocycles. The van der Waals surface area contributed by atoms with Gasteiger partial charge in [-0.05, 0) is 18.1 Å². The van der Waals surface area contributed by atoms with E-state index in [1.165, 1.54) is 0 Å². The number of carboxylic acids is 1. The van der Waals surface area contributed by atoms with Crippen molar-refractivity contribution in [3.8, 4) is 0 Å². The van der Waals surface area contributed by atoms with Gasteiger partial charge in [0.2, 0.25) is 0 Å². The van der Waals surface area contributed by atoms with Crippen LogP contribution >= 0.6 is 11.8 Å². The fourth-order valence-corrected chi connectivity index (χ4v) is 3.30. The van der Waals surface area contributed by atoms with Crippen molar-refractivity contribution in [1.82, 2.24) is 9.88 Å². The van der Waals surface area contributed by atoms with E-state index in [1.54, 1.807) is 24.0 Å². The first-order valence-electron chi connectivity index (χ1n) is 7.20. The molecule has 116 valence electrons. The summed E-state index contributed by atoms with van der Waals surface area (Å²) < 4.78 is 5.79. The Morgan fingerprint density at radius 2 is 2.43 bits per heavy atom. The molecule has 0 aliphatic carbocycles. The highest BCUT2D eigenvalue weighted by molar-refractivity contribution is 7.99. The Morgan fingerprint density at radius 3 is 3.14 bits per heavy atom. The van der Waals surface area contributed by atoms with Gasteiger partial charge in [-0.2, -0.15) is 0 Å². The van der Waals surface area contributed by atoms with Crippen LogP contribution in [0.1, 0.15) is 24.3 Å². The van der Waals surface area contributed by atoms with Crippen molar-refractivity contribution in [1.29, 1.82) is 0 Å². The SMILES string of the molecule is CC(C)CN1CCOC(CSc2ccnc(C(=O)O)c2)C1. The van der Waals surface area contributed by atoms with Crippen molar-refractivity contribution < 1.29 is 14.6 Å². The third-order valence-corrected chi connectivity index (χ3v) is 4.36. The molecule has 21 heavy (non-hydrogen) atoms. The predicted molar refractivity (Wildman–Crippen MR) is 82.9 cm³/mol. The van der Waals surface area contributed by atoms with Crippen LogP contribution in [0.25, 0.3) is 0 Å². The highest BCUT2D eigenvalue weighted by atomic mass is 32.2. The van der Waals surface area contributed by atoms with Gasteiger partial charge in [0.15, 0.2) is 0 Å². The van der Waals surface area contributed by atoms with Crippen molar-refractivity contribution in [2.45, 2.75) is 24.8 Å². The minimum absolute atomic E-state index is 0.0889. The lowest BCUT2D eigenvalue weighted by Crippen LogP contribution is -2.44. The number of pyridine rings is 1. The lowest BCUT2D eigenvalue weighted by atomic mass is 10.2. The number of hydrogen-bond donors (Lipinski definition) is 1. The van der Waals surface area contributed by atoms with E-state index < -0.39 is 5.97 Å². The first-order valence-corrected chi connectivity index (χ1v) is 8.19. The Morgan fingerprint density at radius 1 is 1.62 bits per heavy atom. The van der Waals surface area contributed by atoms with Crippen molar-refractivity contribution in [3.63, 3.8) is 0 Å². The quantitative estimate of drug-likeness (QED) is 0.813. The summed E-state index contributed by atoms with van der Waals surface area (Å²) in [6, 6.07) is 3.45. The Labute approximate surface area is 129 Å². The van der Waals surface area contributed by atoms with E-state index in [2.05, 4.69) is 23.7 Å². The molecule has 0 spiro atoms. The third-order valence-electron chi connectivity index (χ3n) is 3.23. The number of carbonyl (C=O) groups is 1. The van der Waals surface area contributed by atoms with Gasteiger partial charge in [0.1, 0.15) is 5.69 Å². The molecule has 2 rings (SSSR count). The molecule has 2 heterocycles. The van der Waals surface area contributed by atoms with Gasteiger partial charge in [0, 0.05) is 36.5 Å². The number of ether oxygens (including phenoxy) is 1. The van der Waals surface area contributed by atoms with Crippen LogP contribution in [-0.2, 0) is 4.74 Å². The van der Waals surface area contributed by atoms with Gasteiger partial charge in [0.05, 0.1) is 12.7 Å². The summed E-state index contributed by atoms with van der Waals surface area (Å²) in [6.07, 6.45) is 1.74. The molecular formula is C15H22N2O3S. The minimum Gasteiger partial charge on any atom is -0.477 e. The summed E-state index contributed by atoms with van der Waals surface area (Å²) in [6.45, 7) is 8.27. The van der Waals surface area contributed by atoms with Gasteiger partial charge < -0.3 is 9.84 Å². The molecule has 0 bridgehead atoms. The number of rotatable bonds is 6. The Bertz CT molecular complexity index is 482. The highest BCUT2D eigenvalue weighted by Gasteiger charge is 2.21. The molecule has 5 nitrogen and oxygen atoms in total. The molecule has 1 unspecified atom stereocenters. The Hall–Kier alpha value is -1.11. The van der Waals surface area contributed by atoms with Crippen molar-refractivity contribution >= 4 is 17.7 Å². The average Bonchev–Trinajstić information content (AvgIpc) is 2.45. The van der Waals surface area contributed by atoms with Crippen LogP contribution < -0.4 is 0 Å². The van der Waals surface area contributed by atoms with E-state index in [-0.39, 0.29) is 11.8 Å². The molecular weight excluding hydrogens is 288 g/mol. The topological polar surface area (TPSA) is 62.7 Å². The second-order valence-corrected chi connectivity index (χ2v) is 6.73. The first-order chi connectivity index (χ1) is 10.0. The number of nitrogens with zero attached hydrogens (tertiary/aromatic N) is 2. The molecule has 1 saturated heterocycles. The predicted octanol–water partition coefficient (Wildman–Crippen LogP) is 2.23. The fourth-order valence-electron chi connectivity index (χ4n) is 2.37. The molecule has 1 aliphatic rings. The smallest absolute Gasteiger partial charge is 0.354 e. The van der Waals surface area contributed by atoms with Gasteiger partial charge >= 0.3 is 5.97 Å². The lowest BCUT2D eigenvalue weighted by molar-refractivity contribution is -0.0191. The summed E-state index contributed by atoms with van der Waals surface area (Å²) in [5.41, 5.74) is 0.0889. The lowest BCUT2D eigenvalue weighted by Gasteiger charge is -2.33. The van der Waals surface area contributed by atoms with Gasteiger partial charge in [-0.25, -0.2) is 9.78 Å². The number of thioether (sulfide) groups is 1. The summed E-state index contributed by atoms with van der Waals surface area (Å²) in [5, 5.41) is 8.94. The number of aromatic carboxylic acids is 1. The van der Waals surface area contributed by atoms with E-state index >= 15 is 0 Å². The number of aromatic nitrogens is 1. The zero-order valence-electron chi connectivity index (χ0n) is 12.5. The summed E-state index contributed by atoms with van der Waals surface area (Å²) in [4.78, 5) is 18.1. The largest absolute Gasteiger partial charge is 0.477 e. The minimum atomic E-state index is -0.991. The van der Waals surface area contributed by atoms with Crippen LogP contribution in [0.2, 0.25) is 0 Å². The summed E-state index contributed by atoms with van der Waals surface area (Å²) in [5.74, 6) is 0.502. The first kappa shape index (κ1) is 16.3. The van der Waals surface area contributed by atoms with Crippen molar-refractivity contribution in [2.75, 3.05) is 32.0 Å². The molecule has 0 amide bonds. The third kappa shape index (κ3) is 5.30. The number of morpholine rings is 1. The summed E-state index contributed by atoms with van der Waals surface area (Å²) in [7, 11) is 0. The molecule has 6 heteroatoms. The van der Waals surface area contributed by atoms with Crippen LogP contribution in [-0.4, -0.2) is 59.1 Å². The molecule has 1 fully saturated rings. The Kier molecular flexibility index (Phi) is 6.02. The van der Waals surface area contributed by atoms with Crippen LogP contribution in [0.3, 0.4) is 0 Å². The summed E-state index contributed by atoms with van der Waals surface area (Å²) >= 11 is 1.62. The fraction of sp³-hybridized carbons (Fsp3) is 0.600. The van der Waals surface area contributed by atoms with Gasteiger partial charge in [-0.3, -0.25) is 4.90 Å². The van der Waals surface area contributed by atoms with Crippen molar-refractivity contribution in [2.24, 2.45) is 5.92 Å². The van der Waals surface area contributed by atoms with Crippen LogP contribution in [0.5, 0.6) is 0 Å². The van der Waals surface area contributed by atoms with Crippen LogP contribution in [0.4, 0.5) is 0 Å². The van der Waals surface area contributed by atoms with Crippen molar-refractivity contribution in [3.05, 3.63) is 24.0 Å². The second kappa shape index (κ2) is 7.77. The van der Waals surface area contributed by atoms with E-state index in [0.29, 0.717) is 5.92 Å². The zero-order chi connectivity index (χ0) is 15.2. The zero-order valence-corrected chi connectivity index (χ0v) is 13.3. The number of hydrogen-bond acceptors (Lipinski definition) is 5. The molecule has 0 saturated carbocycles. The average molecular weight is 310 g/mol. The maximum atomic E-state index is 10.9. The molecule has 1 N–H and O–H groups in total. The normalized spacial score (nSPS) is 19.9. The number of carboxylic acid groups (broad SMARTS) is 1. The molecule has 1 atom stereocenters. The molecule has 0 radical (unpaired) electrons. The maximum absolute atomic E-state index is 10.9. The van der Waals surface area contributed by atoms with E-state index in [1.807, 2.05) is 6.07 Å². The molecule has 1 aliphatic heterocycles. The molecule has 0 aromatic carbocycles. The second-order valence-electron chi connectivity index (χ2n) is 5.64. The van der Waals surface area contributed by atoms with Crippen LogP contribution in [0.15, 0.2) is 23.2 Å². The maximum Gasteiger partial charge on any atom is 0.354 e. The van der Waals surface area contributed by atoms with Gasteiger partial charge in [-0.1, -0.05) is 13.8 Å². The van der Waals surface area contributed by atoms with Gasteiger partial charge in [-0.15, -0.1) is 11.8 Å². The van der Waals surface area contributed by atoms with E-state index in [4.69, 9.17) is 9.84 Å².